The summed E-state index contributed by atoms with van der Waals surface area (Å²) >= 11 is 0. The lowest BCUT2D eigenvalue weighted by Gasteiger charge is -2.34. The molecule has 0 bridgehead atoms. The zero-order chi connectivity index (χ0) is 42.6. The van der Waals surface area contributed by atoms with E-state index in [9.17, 15) is 40.8 Å². The second kappa shape index (κ2) is 15.7. The standard InChI is InChI=1S/C41H52F3N3O10S/c1-23-10-8-9-11-25-19-41(25,37(51)46-58(52,53)39(5)14-15-39)20-32(48)31-17-27(56-35-30-16-26(42)12-13-28(30)33(54-7)21-45-35)22-47(31)36(50)29(24(2)55-23)18-34(49)57-38(3,4)40(6,43)44/h9,11-13,16,21,23-25,27,29,31H,8,10,14-15,17-20,22H2,1-7H3,(H,46,51)/b11-9-/t23-,24+,25-,27-,29+,31+,41-/m1/s1. The summed E-state index contributed by atoms with van der Waals surface area (Å²) in [5, 5.41) is 0.756. The molecule has 2 aromatic rings. The number of amides is 2. The van der Waals surface area contributed by atoms with Gasteiger partial charge >= 0.3 is 5.97 Å². The van der Waals surface area contributed by atoms with Gasteiger partial charge in [0.15, 0.2) is 11.4 Å². The van der Waals surface area contributed by atoms with Crippen molar-refractivity contribution >= 4 is 44.4 Å². The number of esters is 1. The molecule has 1 saturated heterocycles. The van der Waals surface area contributed by atoms with E-state index >= 15 is 0 Å². The summed E-state index contributed by atoms with van der Waals surface area (Å²) < 4.78 is 94.1. The molecule has 2 saturated carbocycles. The highest BCUT2D eigenvalue weighted by atomic mass is 32.2. The van der Waals surface area contributed by atoms with Crippen LogP contribution in [0.15, 0.2) is 36.5 Å². The van der Waals surface area contributed by atoms with Crippen molar-refractivity contribution in [2.45, 2.75) is 134 Å². The third kappa shape index (κ3) is 8.70. The normalized spacial score (nSPS) is 29.7. The van der Waals surface area contributed by atoms with Crippen molar-refractivity contribution < 1.29 is 59.7 Å². The Morgan fingerprint density at radius 3 is 2.48 bits per heavy atom. The summed E-state index contributed by atoms with van der Waals surface area (Å²) in [4.78, 5) is 62.3. The van der Waals surface area contributed by atoms with E-state index in [0.717, 1.165) is 13.8 Å². The first-order valence-electron chi connectivity index (χ1n) is 19.6. The SMILES string of the molecule is COc1cnc(O[C@@H]2C[C@H]3C(=O)C[C@]4(C(=O)NS(=O)(=O)C5(C)CC5)C[C@H]4/C=C\CC[C@@H](C)O[C@@H](C)[C@H](CC(=O)OC(C)(C)C(C)(F)F)C(=O)N3C2)c2cc(F)ccc12. The maximum atomic E-state index is 14.8. The number of sulfonamides is 1. The number of carbonyl (C=O) groups is 4. The maximum absolute atomic E-state index is 14.8. The molecule has 4 aliphatic rings. The number of nitrogens with one attached hydrogen (secondary N) is 1. The lowest BCUT2D eigenvalue weighted by atomic mass is 9.90. The van der Waals surface area contributed by atoms with E-state index in [1.807, 2.05) is 6.08 Å². The van der Waals surface area contributed by atoms with Crippen LogP contribution in [0.4, 0.5) is 13.2 Å². The molecule has 58 heavy (non-hydrogen) atoms. The predicted molar refractivity (Wildman–Crippen MR) is 205 cm³/mol. The Morgan fingerprint density at radius 1 is 1.12 bits per heavy atom. The van der Waals surface area contributed by atoms with Gasteiger partial charge in [0.05, 0.1) is 66.0 Å². The van der Waals surface area contributed by atoms with E-state index < -0.39 is 110 Å². The van der Waals surface area contributed by atoms with Gasteiger partial charge in [0.1, 0.15) is 17.7 Å². The molecular formula is C41H52F3N3O10S. The zero-order valence-electron chi connectivity index (χ0n) is 33.8. The molecule has 6 rings (SSSR count). The number of alkyl halides is 2. The third-order valence-corrected chi connectivity index (χ3v) is 14.5. The van der Waals surface area contributed by atoms with Crippen LogP contribution in [-0.2, 0) is 38.7 Å². The number of benzene rings is 1. The van der Waals surface area contributed by atoms with Crippen LogP contribution in [0.5, 0.6) is 11.6 Å². The molecule has 1 aromatic carbocycles. The molecular weight excluding hydrogens is 784 g/mol. The Bertz CT molecular complexity index is 2100. The molecule has 7 atom stereocenters. The van der Waals surface area contributed by atoms with Crippen LogP contribution in [0.1, 0.15) is 92.9 Å². The zero-order valence-corrected chi connectivity index (χ0v) is 34.6. The lowest BCUT2D eigenvalue weighted by Crippen LogP contribution is -2.50. The molecule has 2 amide bonds. The molecule has 2 aliphatic heterocycles. The number of halogens is 3. The van der Waals surface area contributed by atoms with Gasteiger partial charge in [0.25, 0.3) is 5.92 Å². The molecule has 2 aliphatic carbocycles. The number of hydrogen-bond donors (Lipinski definition) is 1. The number of aromatic nitrogens is 1. The minimum absolute atomic E-state index is 0.00154. The summed E-state index contributed by atoms with van der Waals surface area (Å²) in [5.41, 5.74) is -3.63. The number of Topliss-reactive ketones (excluding diaryl/α,β-unsaturated/α-hetero) is 1. The van der Waals surface area contributed by atoms with E-state index in [4.69, 9.17) is 18.9 Å². The van der Waals surface area contributed by atoms with Gasteiger partial charge in [-0.2, -0.15) is 0 Å². The number of hydrogen-bond acceptors (Lipinski definition) is 11. The average molecular weight is 836 g/mol. The molecule has 3 heterocycles. The number of pyridine rings is 1. The Morgan fingerprint density at radius 2 is 1.83 bits per heavy atom. The second-order valence-electron chi connectivity index (χ2n) is 17.1. The fourth-order valence-corrected chi connectivity index (χ4v) is 9.08. The molecule has 13 nitrogen and oxygen atoms in total. The quantitative estimate of drug-likeness (QED) is 0.226. The number of rotatable bonds is 10. The van der Waals surface area contributed by atoms with Crippen molar-refractivity contribution in [1.82, 2.24) is 14.6 Å². The number of ketones is 1. The predicted octanol–water partition coefficient (Wildman–Crippen LogP) is 5.82. The fourth-order valence-electron chi connectivity index (χ4n) is 7.74. The average Bonchev–Trinajstić information content (AvgIpc) is 4.01. The van der Waals surface area contributed by atoms with Gasteiger partial charge in [0.2, 0.25) is 27.7 Å². The van der Waals surface area contributed by atoms with E-state index in [1.165, 1.54) is 36.4 Å². The Balaban J connectivity index is 1.36. The first kappa shape index (κ1) is 43.3. The highest BCUT2D eigenvalue weighted by Crippen LogP contribution is 2.57. The molecule has 17 heteroatoms. The summed E-state index contributed by atoms with van der Waals surface area (Å²) in [5.74, 6) is -8.58. The Labute approximate surface area is 336 Å². The fraction of sp³-hybridized carbons (Fsp3) is 0.634. The minimum Gasteiger partial charge on any atom is -0.494 e. The maximum Gasteiger partial charge on any atom is 0.307 e. The van der Waals surface area contributed by atoms with Gasteiger partial charge in [-0.3, -0.25) is 23.9 Å². The van der Waals surface area contributed by atoms with Crippen LogP contribution in [-0.4, -0.2) is 96.1 Å². The number of methoxy groups -OCH3 is 1. The van der Waals surface area contributed by atoms with E-state index in [-0.39, 0.29) is 30.7 Å². The van der Waals surface area contributed by atoms with E-state index in [1.54, 1.807) is 26.8 Å². The van der Waals surface area contributed by atoms with Gasteiger partial charge in [0, 0.05) is 25.2 Å². The first-order chi connectivity index (χ1) is 27.0. The van der Waals surface area contributed by atoms with Crippen molar-refractivity contribution in [2.24, 2.45) is 17.3 Å². The molecule has 0 radical (unpaired) electrons. The van der Waals surface area contributed by atoms with Crippen LogP contribution in [0.25, 0.3) is 10.8 Å². The van der Waals surface area contributed by atoms with Crippen LogP contribution in [0, 0.1) is 23.1 Å². The summed E-state index contributed by atoms with van der Waals surface area (Å²) in [6.45, 7) is 7.43. The largest absolute Gasteiger partial charge is 0.494 e. The summed E-state index contributed by atoms with van der Waals surface area (Å²) in [6.07, 6.45) is 3.45. The monoisotopic (exact) mass is 835 g/mol. The van der Waals surface area contributed by atoms with Crippen LogP contribution >= 0.6 is 0 Å². The van der Waals surface area contributed by atoms with Gasteiger partial charge in [-0.25, -0.2) is 26.6 Å². The molecule has 1 N–H and O–H groups in total. The van der Waals surface area contributed by atoms with Crippen molar-refractivity contribution in [3.8, 4) is 11.6 Å². The minimum atomic E-state index is -4.05. The van der Waals surface area contributed by atoms with Gasteiger partial charge < -0.3 is 23.8 Å². The second-order valence-corrected chi connectivity index (χ2v) is 19.3. The summed E-state index contributed by atoms with van der Waals surface area (Å²) in [7, 11) is -2.62. The smallest absolute Gasteiger partial charge is 0.307 e. The van der Waals surface area contributed by atoms with Crippen LogP contribution < -0.4 is 14.2 Å². The summed E-state index contributed by atoms with van der Waals surface area (Å²) in [6, 6.07) is 2.72. The van der Waals surface area contributed by atoms with Gasteiger partial charge in [-0.1, -0.05) is 12.2 Å². The molecule has 3 fully saturated rings. The van der Waals surface area contributed by atoms with Crippen LogP contribution in [0.2, 0.25) is 0 Å². The lowest BCUT2D eigenvalue weighted by molar-refractivity contribution is -0.198. The van der Waals surface area contributed by atoms with Gasteiger partial charge in [-0.05, 0) is 90.8 Å². The Hall–Kier alpha value is -4.25. The van der Waals surface area contributed by atoms with Gasteiger partial charge in [-0.15, -0.1) is 0 Å². The molecule has 0 spiro atoms. The Kier molecular flexibility index (Phi) is 11.8. The van der Waals surface area contributed by atoms with E-state index in [0.29, 0.717) is 43.7 Å². The molecule has 1 aromatic heterocycles. The third-order valence-electron chi connectivity index (χ3n) is 12.3. The van der Waals surface area contributed by atoms with Crippen molar-refractivity contribution in [2.75, 3.05) is 13.7 Å². The van der Waals surface area contributed by atoms with Crippen molar-refractivity contribution in [3.05, 3.63) is 42.4 Å². The van der Waals surface area contributed by atoms with E-state index in [2.05, 4.69) is 9.71 Å². The number of ether oxygens (including phenoxy) is 4. The highest BCUT2D eigenvalue weighted by molar-refractivity contribution is 7.91. The number of nitrogens with zero attached hydrogens (tertiary/aromatic N) is 2. The number of allylic oxidation sites excluding steroid dienone is 2. The molecule has 0 unspecified atom stereocenters. The molecule has 318 valence electrons. The van der Waals surface area contributed by atoms with Crippen molar-refractivity contribution in [3.63, 3.8) is 0 Å². The first-order valence-corrected chi connectivity index (χ1v) is 21.1. The highest BCUT2D eigenvalue weighted by Gasteiger charge is 2.63. The number of carbonyl (C=O) groups excluding carboxylic acids is 4. The number of fused-ring (bicyclic) bond motifs is 3. The van der Waals surface area contributed by atoms with Crippen molar-refractivity contribution in [1.29, 1.82) is 0 Å². The topological polar surface area (TPSA) is 168 Å². The van der Waals surface area contributed by atoms with Crippen LogP contribution in [0.3, 0.4) is 0 Å².